The summed E-state index contributed by atoms with van der Waals surface area (Å²) >= 11 is 0. The first-order valence-corrected chi connectivity index (χ1v) is 16.4. The lowest BCUT2D eigenvalue weighted by Crippen LogP contribution is -2.37. The van der Waals surface area contributed by atoms with Crippen molar-refractivity contribution in [1.29, 1.82) is 0 Å². The number of anilines is 2. The summed E-state index contributed by atoms with van der Waals surface area (Å²) in [6, 6.07) is 10.9. The lowest BCUT2D eigenvalue weighted by molar-refractivity contribution is -0.114. The molecule has 1 fully saturated rings. The van der Waals surface area contributed by atoms with Crippen molar-refractivity contribution < 1.29 is 30.0 Å². The van der Waals surface area contributed by atoms with Crippen LogP contribution in [0.4, 0.5) is 11.4 Å². The van der Waals surface area contributed by atoms with Gasteiger partial charge in [-0.1, -0.05) is 12.8 Å². The molecule has 1 aliphatic heterocycles. The van der Waals surface area contributed by atoms with Crippen molar-refractivity contribution in [2.24, 2.45) is 0 Å². The van der Waals surface area contributed by atoms with Gasteiger partial charge in [-0.3, -0.25) is 9.10 Å². The van der Waals surface area contributed by atoms with Crippen molar-refractivity contribution in [3.05, 3.63) is 48.5 Å². The van der Waals surface area contributed by atoms with Crippen LogP contribution in [0.5, 0.6) is 0 Å². The van der Waals surface area contributed by atoms with Gasteiger partial charge in [0.05, 0.1) is 21.7 Å². The first-order chi connectivity index (χ1) is 17.2. The zero-order valence-corrected chi connectivity index (χ0v) is 23.4. The highest BCUT2D eigenvalue weighted by molar-refractivity contribution is 7.92. The Morgan fingerprint density at radius 3 is 1.81 bits per heavy atom. The van der Waals surface area contributed by atoms with Crippen LogP contribution in [-0.4, -0.2) is 79.8 Å². The fourth-order valence-electron chi connectivity index (χ4n) is 3.87. The summed E-state index contributed by atoms with van der Waals surface area (Å²) in [7, 11) is -8.46. The number of hydrogen-bond donors (Lipinski definition) is 1. The van der Waals surface area contributed by atoms with E-state index in [0.29, 0.717) is 18.8 Å². The normalized spacial score (nSPS) is 15.8. The Morgan fingerprint density at radius 2 is 1.32 bits per heavy atom. The topological polar surface area (TPSA) is 141 Å². The van der Waals surface area contributed by atoms with E-state index >= 15 is 0 Å². The molecule has 0 aliphatic carbocycles. The van der Waals surface area contributed by atoms with E-state index in [4.69, 9.17) is 0 Å². The van der Waals surface area contributed by atoms with Crippen molar-refractivity contribution in [3.8, 4) is 0 Å². The molecule has 204 valence electrons. The number of sulfonamides is 3. The van der Waals surface area contributed by atoms with Gasteiger partial charge in [-0.25, -0.2) is 29.6 Å². The molecule has 0 atom stereocenters. The zero-order chi connectivity index (χ0) is 27.4. The molecule has 1 aliphatic rings. The second kappa shape index (κ2) is 11.5. The summed E-state index contributed by atoms with van der Waals surface area (Å²) in [5, 5.41) is 2.58. The number of carbonyl (C=O) groups is 1. The summed E-state index contributed by atoms with van der Waals surface area (Å²) in [6.45, 7) is 0.390. The average molecular weight is 573 g/mol. The van der Waals surface area contributed by atoms with E-state index in [0.717, 1.165) is 40.5 Å². The van der Waals surface area contributed by atoms with Gasteiger partial charge < -0.3 is 5.32 Å². The van der Waals surface area contributed by atoms with Crippen LogP contribution in [0, 0.1) is 0 Å². The van der Waals surface area contributed by atoms with Gasteiger partial charge in [0.15, 0.2) is 0 Å². The Balaban J connectivity index is 1.73. The van der Waals surface area contributed by atoms with Crippen LogP contribution in [-0.2, 0) is 34.9 Å². The highest BCUT2D eigenvalue weighted by atomic mass is 32.2. The minimum atomic E-state index is -3.88. The lowest BCUT2D eigenvalue weighted by Gasteiger charge is -2.22. The Kier molecular flexibility index (Phi) is 9.01. The van der Waals surface area contributed by atoms with E-state index in [1.165, 1.54) is 66.9 Å². The Morgan fingerprint density at radius 1 is 0.811 bits per heavy atom. The van der Waals surface area contributed by atoms with Gasteiger partial charge in [0, 0.05) is 32.9 Å². The molecule has 1 amide bonds. The van der Waals surface area contributed by atoms with Crippen molar-refractivity contribution in [3.63, 3.8) is 0 Å². The van der Waals surface area contributed by atoms with Crippen molar-refractivity contribution in [2.75, 3.05) is 49.6 Å². The number of rotatable bonds is 9. The second-order valence-corrected chi connectivity index (χ2v) is 14.9. The number of nitrogens with one attached hydrogen (secondary N) is 1. The minimum Gasteiger partial charge on any atom is -0.325 e. The maximum absolute atomic E-state index is 12.9. The zero-order valence-electron chi connectivity index (χ0n) is 21.0. The summed E-state index contributed by atoms with van der Waals surface area (Å²) in [6.07, 6.45) is 4.58. The molecule has 3 rings (SSSR count). The molecular weight excluding hydrogens is 540 g/mol. The van der Waals surface area contributed by atoms with E-state index in [1.54, 1.807) is 0 Å². The first kappa shape index (κ1) is 29.0. The summed E-state index contributed by atoms with van der Waals surface area (Å²) in [5.41, 5.74) is 0.426. The molecular formula is C23H32N4O7S3. The van der Waals surface area contributed by atoms with Gasteiger partial charge >= 0.3 is 0 Å². The molecule has 0 spiro atoms. The molecule has 11 nitrogen and oxygen atoms in total. The maximum atomic E-state index is 12.9. The third-order valence-electron chi connectivity index (χ3n) is 5.93. The molecule has 1 N–H and O–H groups in total. The van der Waals surface area contributed by atoms with Gasteiger partial charge in [0.2, 0.25) is 36.0 Å². The van der Waals surface area contributed by atoms with Crippen molar-refractivity contribution in [2.45, 2.75) is 35.5 Å². The molecule has 1 saturated heterocycles. The molecule has 14 heteroatoms. The lowest BCUT2D eigenvalue weighted by atomic mass is 10.2. The van der Waals surface area contributed by atoms with Crippen molar-refractivity contribution >= 4 is 47.4 Å². The van der Waals surface area contributed by atoms with Gasteiger partial charge in [-0.15, -0.1) is 0 Å². The van der Waals surface area contributed by atoms with Crippen LogP contribution in [0.2, 0.25) is 0 Å². The van der Waals surface area contributed by atoms with E-state index in [-0.39, 0.29) is 15.5 Å². The molecule has 0 bridgehead atoms. The third kappa shape index (κ3) is 7.08. The molecule has 0 unspecified atom stereocenters. The largest absolute Gasteiger partial charge is 0.325 e. The molecule has 0 aromatic heterocycles. The molecule has 0 saturated carbocycles. The van der Waals surface area contributed by atoms with Crippen LogP contribution in [0.25, 0.3) is 0 Å². The standard InChI is InChI=1S/C23H32N4O7S3/c1-25(2)36(31,32)21-14-10-20(11-15-21)27(35(3,29)30)18-23(28)24-19-8-12-22(13-9-19)37(33,34)26-16-6-4-5-7-17-26/h8-15H,4-7,16-18H2,1-3H3,(H,24,28). The molecule has 37 heavy (non-hydrogen) atoms. The molecule has 2 aromatic rings. The van der Waals surface area contributed by atoms with Gasteiger partial charge in [-0.05, 0) is 61.4 Å². The second-order valence-electron chi connectivity index (χ2n) is 8.94. The SMILES string of the molecule is CN(C)S(=O)(=O)c1ccc(N(CC(=O)Nc2ccc(S(=O)(=O)N3CCCCCC3)cc2)S(C)(=O)=O)cc1. The molecule has 2 aromatic carbocycles. The van der Waals surface area contributed by atoms with Crippen LogP contribution in [0.3, 0.4) is 0 Å². The monoisotopic (exact) mass is 572 g/mol. The van der Waals surface area contributed by atoms with E-state index in [2.05, 4.69) is 5.32 Å². The third-order valence-corrected chi connectivity index (χ3v) is 10.8. The molecule has 0 radical (unpaired) electrons. The predicted octanol–water partition coefficient (Wildman–Crippen LogP) is 1.91. The number of amides is 1. The van der Waals surface area contributed by atoms with Crippen LogP contribution in [0.1, 0.15) is 25.7 Å². The summed E-state index contributed by atoms with van der Waals surface area (Å²) in [4.78, 5) is 12.8. The fraction of sp³-hybridized carbons (Fsp3) is 0.435. The van der Waals surface area contributed by atoms with Gasteiger partial charge in [-0.2, -0.15) is 4.31 Å². The minimum absolute atomic E-state index is 0.0191. The number of hydrogen-bond acceptors (Lipinski definition) is 7. The quantitative estimate of drug-likeness (QED) is 0.484. The van der Waals surface area contributed by atoms with Gasteiger partial charge in [0.25, 0.3) is 0 Å². The Hall–Kier alpha value is -2.52. The number of nitrogens with zero attached hydrogens (tertiary/aromatic N) is 3. The van der Waals surface area contributed by atoms with E-state index < -0.39 is 42.5 Å². The summed E-state index contributed by atoms with van der Waals surface area (Å²) in [5.74, 6) is -0.654. The van der Waals surface area contributed by atoms with E-state index in [9.17, 15) is 30.0 Å². The highest BCUT2D eigenvalue weighted by Gasteiger charge is 2.26. The Labute approximate surface area is 219 Å². The van der Waals surface area contributed by atoms with Crippen LogP contribution >= 0.6 is 0 Å². The molecule has 1 heterocycles. The summed E-state index contributed by atoms with van der Waals surface area (Å²) < 4.78 is 78.6. The van der Waals surface area contributed by atoms with Crippen molar-refractivity contribution in [1.82, 2.24) is 8.61 Å². The number of benzene rings is 2. The van der Waals surface area contributed by atoms with E-state index in [1.807, 2.05) is 0 Å². The first-order valence-electron chi connectivity index (χ1n) is 11.6. The number of carbonyl (C=O) groups excluding carboxylic acids is 1. The van der Waals surface area contributed by atoms with Crippen LogP contribution < -0.4 is 9.62 Å². The predicted molar refractivity (Wildman–Crippen MR) is 142 cm³/mol. The van der Waals surface area contributed by atoms with Gasteiger partial charge in [0.1, 0.15) is 6.54 Å². The smallest absolute Gasteiger partial charge is 0.245 e. The fourth-order valence-corrected chi connectivity index (χ4v) is 7.14. The Bertz CT molecular complexity index is 1410. The highest BCUT2D eigenvalue weighted by Crippen LogP contribution is 2.23. The average Bonchev–Trinajstić information content (AvgIpc) is 3.12. The van der Waals surface area contributed by atoms with Crippen LogP contribution in [0.15, 0.2) is 58.3 Å². The maximum Gasteiger partial charge on any atom is 0.245 e.